The first-order valence-electron chi connectivity index (χ1n) is 7.18. The maximum Gasteiger partial charge on any atom is 0.274 e. The molecule has 0 atom stereocenters. The third-order valence-corrected chi connectivity index (χ3v) is 3.16. The number of anilines is 2. The van der Waals surface area contributed by atoms with Crippen LogP contribution in [-0.4, -0.2) is 43.0 Å². The Morgan fingerprint density at radius 2 is 1.92 bits per heavy atom. The predicted molar refractivity (Wildman–Crippen MR) is 85.5 cm³/mol. The Bertz CT molecular complexity index is 737. The normalized spacial score (nSPS) is 10.8. The number of carbonyl (C=O) groups excluding carboxylic acids is 1. The minimum atomic E-state index is -1.64. The third-order valence-electron chi connectivity index (χ3n) is 3.16. The van der Waals surface area contributed by atoms with Crippen molar-refractivity contribution in [1.29, 1.82) is 0 Å². The fourth-order valence-corrected chi connectivity index (χ4v) is 1.90. The molecule has 0 unspecified atom stereocenters. The summed E-state index contributed by atoms with van der Waals surface area (Å²) in [6.07, 6.45) is 1.43. The zero-order valence-electron chi connectivity index (χ0n) is 13.2. The van der Waals surface area contributed by atoms with Crippen molar-refractivity contribution >= 4 is 17.3 Å². The number of halogens is 3. The standard InChI is InChI=1S/C16H17F3N4O/c1-23(2)8-7-20-10-5-6-21-13(9-10)16(24)22-12-4-3-11(17)14(18)15(12)19/h3-6,9H,7-8H2,1-2H3,(H,20,21)(H,22,24). The van der Waals surface area contributed by atoms with Gasteiger partial charge in [0.2, 0.25) is 0 Å². The van der Waals surface area contributed by atoms with E-state index in [1.807, 2.05) is 19.0 Å². The van der Waals surface area contributed by atoms with E-state index >= 15 is 0 Å². The summed E-state index contributed by atoms with van der Waals surface area (Å²) in [7, 11) is 3.87. The first kappa shape index (κ1) is 17.7. The highest BCUT2D eigenvalue weighted by Gasteiger charge is 2.16. The van der Waals surface area contributed by atoms with Crippen LogP contribution in [0.2, 0.25) is 0 Å². The van der Waals surface area contributed by atoms with Crippen LogP contribution in [0.5, 0.6) is 0 Å². The summed E-state index contributed by atoms with van der Waals surface area (Å²) in [6.45, 7) is 1.46. The Hall–Kier alpha value is -2.61. The fourth-order valence-electron chi connectivity index (χ4n) is 1.90. The number of aromatic nitrogens is 1. The van der Waals surface area contributed by atoms with Crippen molar-refractivity contribution in [2.45, 2.75) is 0 Å². The molecule has 5 nitrogen and oxygen atoms in total. The summed E-state index contributed by atoms with van der Waals surface area (Å²) >= 11 is 0. The average molecular weight is 338 g/mol. The molecule has 2 rings (SSSR count). The van der Waals surface area contributed by atoms with Gasteiger partial charge in [-0.1, -0.05) is 0 Å². The van der Waals surface area contributed by atoms with Crippen molar-refractivity contribution in [3.8, 4) is 0 Å². The van der Waals surface area contributed by atoms with Crippen molar-refractivity contribution < 1.29 is 18.0 Å². The quantitative estimate of drug-likeness (QED) is 0.795. The Morgan fingerprint density at radius 3 is 2.62 bits per heavy atom. The van der Waals surface area contributed by atoms with Crippen LogP contribution in [0, 0.1) is 17.5 Å². The molecular formula is C16H17F3N4O. The largest absolute Gasteiger partial charge is 0.384 e. The van der Waals surface area contributed by atoms with Gasteiger partial charge in [-0.25, -0.2) is 13.2 Å². The van der Waals surface area contributed by atoms with Crippen molar-refractivity contribution in [3.05, 3.63) is 53.6 Å². The lowest BCUT2D eigenvalue weighted by Crippen LogP contribution is -2.21. The van der Waals surface area contributed by atoms with Crippen LogP contribution in [-0.2, 0) is 0 Å². The van der Waals surface area contributed by atoms with Crippen LogP contribution in [0.15, 0.2) is 30.5 Å². The van der Waals surface area contributed by atoms with Gasteiger partial charge in [0.25, 0.3) is 5.91 Å². The van der Waals surface area contributed by atoms with E-state index < -0.39 is 29.0 Å². The van der Waals surface area contributed by atoms with Crippen LogP contribution >= 0.6 is 0 Å². The average Bonchev–Trinajstić information content (AvgIpc) is 2.55. The molecule has 0 saturated heterocycles. The molecule has 1 amide bonds. The van der Waals surface area contributed by atoms with Gasteiger partial charge in [0.05, 0.1) is 5.69 Å². The number of hydrogen-bond acceptors (Lipinski definition) is 4. The number of amides is 1. The second kappa shape index (κ2) is 7.78. The van der Waals surface area contributed by atoms with Gasteiger partial charge in [0.15, 0.2) is 17.5 Å². The van der Waals surface area contributed by atoms with Crippen LogP contribution < -0.4 is 10.6 Å². The first-order chi connectivity index (χ1) is 11.4. The Balaban J connectivity index is 2.09. The minimum Gasteiger partial charge on any atom is -0.384 e. The van der Waals surface area contributed by atoms with E-state index in [9.17, 15) is 18.0 Å². The first-order valence-corrected chi connectivity index (χ1v) is 7.18. The molecule has 0 spiro atoms. The molecule has 1 aromatic heterocycles. The fraction of sp³-hybridized carbons (Fsp3) is 0.250. The molecule has 0 fully saturated rings. The maximum absolute atomic E-state index is 13.6. The summed E-state index contributed by atoms with van der Waals surface area (Å²) < 4.78 is 39.7. The highest BCUT2D eigenvalue weighted by Crippen LogP contribution is 2.20. The van der Waals surface area contributed by atoms with Gasteiger partial charge in [0.1, 0.15) is 5.69 Å². The molecule has 24 heavy (non-hydrogen) atoms. The van der Waals surface area contributed by atoms with E-state index in [4.69, 9.17) is 0 Å². The second-order valence-electron chi connectivity index (χ2n) is 5.34. The molecule has 2 aromatic rings. The predicted octanol–water partition coefficient (Wildman–Crippen LogP) is 2.72. The topological polar surface area (TPSA) is 57.3 Å². The Labute approximate surface area is 137 Å². The van der Waals surface area contributed by atoms with Gasteiger partial charge in [-0.2, -0.15) is 0 Å². The van der Waals surface area contributed by atoms with Gasteiger partial charge in [0, 0.05) is 25.0 Å². The number of hydrogen-bond donors (Lipinski definition) is 2. The smallest absolute Gasteiger partial charge is 0.274 e. The van der Waals surface area contributed by atoms with E-state index in [2.05, 4.69) is 15.6 Å². The SMILES string of the molecule is CN(C)CCNc1ccnc(C(=O)Nc2ccc(F)c(F)c2F)c1. The number of nitrogens with one attached hydrogen (secondary N) is 2. The summed E-state index contributed by atoms with van der Waals surface area (Å²) in [5.74, 6) is -5.14. The monoisotopic (exact) mass is 338 g/mol. The van der Waals surface area contributed by atoms with E-state index in [-0.39, 0.29) is 5.69 Å². The number of likely N-dealkylation sites (N-methyl/N-ethyl adjacent to an activating group) is 1. The van der Waals surface area contributed by atoms with Crippen molar-refractivity contribution in [2.75, 3.05) is 37.8 Å². The van der Waals surface area contributed by atoms with Gasteiger partial charge in [-0.3, -0.25) is 9.78 Å². The molecule has 0 aliphatic rings. The molecule has 0 radical (unpaired) electrons. The maximum atomic E-state index is 13.6. The Morgan fingerprint density at radius 1 is 1.17 bits per heavy atom. The van der Waals surface area contributed by atoms with Gasteiger partial charge < -0.3 is 15.5 Å². The second-order valence-corrected chi connectivity index (χ2v) is 5.34. The van der Waals surface area contributed by atoms with Crippen LogP contribution in [0.25, 0.3) is 0 Å². The molecule has 128 valence electrons. The number of benzene rings is 1. The van der Waals surface area contributed by atoms with E-state index in [0.717, 1.165) is 18.7 Å². The lowest BCUT2D eigenvalue weighted by Gasteiger charge is -2.12. The van der Waals surface area contributed by atoms with Crippen LogP contribution in [0.3, 0.4) is 0 Å². The van der Waals surface area contributed by atoms with Crippen molar-refractivity contribution in [1.82, 2.24) is 9.88 Å². The van der Waals surface area contributed by atoms with Gasteiger partial charge >= 0.3 is 0 Å². The van der Waals surface area contributed by atoms with E-state index in [0.29, 0.717) is 12.2 Å². The molecule has 0 bridgehead atoms. The minimum absolute atomic E-state index is 0.0222. The molecule has 1 heterocycles. The highest BCUT2D eigenvalue weighted by molar-refractivity contribution is 6.03. The molecule has 0 saturated carbocycles. The molecule has 0 aliphatic heterocycles. The summed E-state index contributed by atoms with van der Waals surface area (Å²) in [6, 6.07) is 4.86. The van der Waals surface area contributed by atoms with Crippen molar-refractivity contribution in [3.63, 3.8) is 0 Å². The highest BCUT2D eigenvalue weighted by atomic mass is 19.2. The molecule has 8 heteroatoms. The lowest BCUT2D eigenvalue weighted by molar-refractivity contribution is 0.102. The van der Waals surface area contributed by atoms with Crippen LogP contribution in [0.4, 0.5) is 24.5 Å². The van der Waals surface area contributed by atoms with E-state index in [1.54, 1.807) is 6.07 Å². The third kappa shape index (κ3) is 4.45. The molecule has 2 N–H and O–H groups in total. The summed E-state index contributed by atoms with van der Waals surface area (Å²) in [4.78, 5) is 18.0. The zero-order valence-corrected chi connectivity index (χ0v) is 13.2. The van der Waals surface area contributed by atoms with Gasteiger partial charge in [-0.05, 0) is 38.4 Å². The number of nitrogens with zero attached hydrogens (tertiary/aromatic N) is 2. The Kier molecular flexibility index (Phi) is 5.75. The number of pyridine rings is 1. The molecule has 1 aromatic carbocycles. The van der Waals surface area contributed by atoms with E-state index in [1.165, 1.54) is 12.3 Å². The van der Waals surface area contributed by atoms with Crippen LogP contribution in [0.1, 0.15) is 10.5 Å². The van der Waals surface area contributed by atoms with Crippen molar-refractivity contribution in [2.24, 2.45) is 0 Å². The van der Waals surface area contributed by atoms with Gasteiger partial charge in [-0.15, -0.1) is 0 Å². The lowest BCUT2D eigenvalue weighted by atomic mass is 10.2. The summed E-state index contributed by atoms with van der Waals surface area (Å²) in [5, 5.41) is 5.29. The molecular weight excluding hydrogens is 321 g/mol. The number of carbonyl (C=O) groups is 1. The zero-order chi connectivity index (χ0) is 17.7. The summed E-state index contributed by atoms with van der Waals surface area (Å²) in [5.41, 5.74) is 0.239. The molecule has 0 aliphatic carbocycles. The number of rotatable bonds is 6.